The number of amides is 1. The van der Waals surface area contributed by atoms with Crippen LogP contribution in [-0.2, 0) is 19.6 Å². The molecule has 12 heteroatoms. The summed E-state index contributed by atoms with van der Waals surface area (Å²) in [6.45, 7) is 6.20. The molecule has 0 atom stereocenters. The highest BCUT2D eigenvalue weighted by Gasteiger charge is 2.31. The zero-order valence-corrected chi connectivity index (χ0v) is 22.2. The minimum Gasteiger partial charge on any atom is -0.476 e. The van der Waals surface area contributed by atoms with E-state index in [-0.39, 0.29) is 72.3 Å². The molecule has 2 N–H and O–H groups in total. The molecule has 38 heavy (non-hydrogen) atoms. The molecular formula is C26H30N4O7S. The van der Waals surface area contributed by atoms with Crippen LogP contribution in [0.15, 0.2) is 53.4 Å². The number of hydrogen-bond donors (Lipinski definition) is 2. The number of nitrogens with one attached hydrogen (secondary N) is 1. The van der Waals surface area contributed by atoms with E-state index in [2.05, 4.69) is 10.4 Å². The summed E-state index contributed by atoms with van der Waals surface area (Å²) in [5, 5.41) is 16.6. The molecule has 0 unspecified atom stereocenters. The largest absolute Gasteiger partial charge is 0.476 e. The maximum Gasteiger partial charge on any atom is 0.356 e. The molecule has 0 bridgehead atoms. The molecule has 0 aliphatic carbocycles. The summed E-state index contributed by atoms with van der Waals surface area (Å²) in [6, 6.07) is 13.1. The van der Waals surface area contributed by atoms with E-state index < -0.39 is 16.0 Å². The number of carbonyl (C=O) groups is 2. The summed E-state index contributed by atoms with van der Waals surface area (Å²) in [4.78, 5) is 24.1. The smallest absolute Gasteiger partial charge is 0.356 e. The second kappa shape index (κ2) is 11.3. The second-order valence-electron chi connectivity index (χ2n) is 9.26. The Hall–Kier alpha value is -3.74. The number of ether oxygens (including phenoxy) is 2. The minimum absolute atomic E-state index is 0.0320. The predicted octanol–water partition coefficient (Wildman–Crippen LogP) is 3.68. The first-order valence-corrected chi connectivity index (χ1v) is 13.6. The standard InChI is InChI=1S/C26H30N4O7S/c1-17(2)15-23(31)27-19-9-10-21(22(16-19)38(34,35)29-11-13-36-14-12-29)37-25-18(3)24(26(32)33)28-30(25)20-7-5-4-6-8-20/h4-10,16-17H,11-15H2,1-3H3,(H,27,31)(H,32,33). The molecule has 4 rings (SSSR count). The third kappa shape index (κ3) is 5.87. The Kier molecular flexibility index (Phi) is 8.14. The van der Waals surface area contributed by atoms with Crippen molar-refractivity contribution in [3.8, 4) is 17.3 Å². The van der Waals surface area contributed by atoms with Gasteiger partial charge in [0.05, 0.1) is 18.9 Å². The van der Waals surface area contributed by atoms with Gasteiger partial charge in [-0.05, 0) is 43.2 Å². The molecule has 2 aromatic carbocycles. The van der Waals surface area contributed by atoms with Crippen molar-refractivity contribution in [1.29, 1.82) is 0 Å². The highest BCUT2D eigenvalue weighted by atomic mass is 32.2. The van der Waals surface area contributed by atoms with E-state index in [1.807, 2.05) is 13.8 Å². The molecule has 1 aliphatic heterocycles. The average molecular weight is 543 g/mol. The summed E-state index contributed by atoms with van der Waals surface area (Å²) in [5.74, 6) is -1.34. The first-order chi connectivity index (χ1) is 18.1. The third-order valence-electron chi connectivity index (χ3n) is 5.89. The highest BCUT2D eigenvalue weighted by Crippen LogP contribution is 2.36. The fraction of sp³-hybridized carbons (Fsp3) is 0.346. The van der Waals surface area contributed by atoms with Crippen LogP contribution in [0.1, 0.15) is 36.3 Å². The monoisotopic (exact) mass is 542 g/mol. The van der Waals surface area contributed by atoms with Gasteiger partial charge >= 0.3 is 5.97 Å². The molecule has 1 saturated heterocycles. The molecular weight excluding hydrogens is 512 g/mol. The Labute approximate surface area is 221 Å². The van der Waals surface area contributed by atoms with Crippen LogP contribution in [0.3, 0.4) is 0 Å². The van der Waals surface area contributed by atoms with Crippen LogP contribution >= 0.6 is 0 Å². The molecule has 11 nitrogen and oxygen atoms in total. The van der Waals surface area contributed by atoms with Gasteiger partial charge in [-0.25, -0.2) is 13.2 Å². The van der Waals surface area contributed by atoms with E-state index in [1.54, 1.807) is 43.3 Å². The number of rotatable bonds is 9. The van der Waals surface area contributed by atoms with Crippen molar-refractivity contribution in [1.82, 2.24) is 14.1 Å². The lowest BCUT2D eigenvalue weighted by atomic mass is 10.1. The number of morpholine rings is 1. The van der Waals surface area contributed by atoms with E-state index in [9.17, 15) is 23.1 Å². The molecule has 3 aromatic rings. The molecule has 202 valence electrons. The number of carboxylic acids is 1. The lowest BCUT2D eigenvalue weighted by molar-refractivity contribution is -0.116. The number of sulfonamides is 1. The quantitative estimate of drug-likeness (QED) is 0.417. The normalized spacial score (nSPS) is 14.4. The van der Waals surface area contributed by atoms with Gasteiger partial charge in [-0.1, -0.05) is 32.0 Å². The van der Waals surface area contributed by atoms with Crippen molar-refractivity contribution in [3.05, 3.63) is 59.8 Å². The van der Waals surface area contributed by atoms with E-state index >= 15 is 0 Å². The summed E-state index contributed by atoms with van der Waals surface area (Å²) < 4.78 is 41.5. The number of para-hydroxylation sites is 1. The third-order valence-corrected chi connectivity index (χ3v) is 7.81. The van der Waals surface area contributed by atoms with E-state index in [1.165, 1.54) is 21.1 Å². The number of aromatic carboxylic acids is 1. The highest BCUT2D eigenvalue weighted by molar-refractivity contribution is 7.89. The van der Waals surface area contributed by atoms with Crippen molar-refractivity contribution in [3.63, 3.8) is 0 Å². The second-order valence-corrected chi connectivity index (χ2v) is 11.2. The lowest BCUT2D eigenvalue weighted by Gasteiger charge is -2.27. The van der Waals surface area contributed by atoms with Gasteiger partial charge in [-0.15, -0.1) is 0 Å². The SMILES string of the molecule is Cc1c(C(=O)O)nn(-c2ccccc2)c1Oc1ccc(NC(=O)CC(C)C)cc1S(=O)(=O)N1CCOCC1. The first kappa shape index (κ1) is 27.3. The summed E-state index contributed by atoms with van der Waals surface area (Å²) in [5.41, 5.74) is 0.840. The van der Waals surface area contributed by atoms with Gasteiger partial charge in [0.15, 0.2) is 5.69 Å². The van der Waals surface area contributed by atoms with Crippen LogP contribution in [0.2, 0.25) is 0 Å². The molecule has 1 fully saturated rings. The van der Waals surface area contributed by atoms with Crippen molar-refractivity contribution >= 4 is 27.6 Å². The predicted molar refractivity (Wildman–Crippen MR) is 139 cm³/mol. The Morgan fingerprint density at radius 1 is 1.13 bits per heavy atom. The van der Waals surface area contributed by atoms with Gasteiger partial charge in [-0.2, -0.15) is 14.1 Å². The zero-order valence-electron chi connectivity index (χ0n) is 21.4. The lowest BCUT2D eigenvalue weighted by Crippen LogP contribution is -2.40. The van der Waals surface area contributed by atoms with E-state index in [4.69, 9.17) is 9.47 Å². The number of anilines is 1. The summed E-state index contributed by atoms with van der Waals surface area (Å²) in [6.07, 6.45) is 0.275. The molecule has 0 saturated carbocycles. The van der Waals surface area contributed by atoms with Crippen molar-refractivity contribution in [2.45, 2.75) is 32.1 Å². The van der Waals surface area contributed by atoms with Gasteiger partial charge in [-0.3, -0.25) is 4.79 Å². The fourth-order valence-electron chi connectivity index (χ4n) is 4.03. The Morgan fingerprint density at radius 2 is 1.82 bits per heavy atom. The maximum absolute atomic E-state index is 13.7. The number of aromatic nitrogens is 2. The van der Waals surface area contributed by atoms with Gasteiger partial charge in [0.1, 0.15) is 10.6 Å². The molecule has 0 spiro atoms. The number of nitrogens with zero attached hydrogens (tertiary/aromatic N) is 3. The maximum atomic E-state index is 13.7. The average Bonchev–Trinajstić information content (AvgIpc) is 3.21. The van der Waals surface area contributed by atoms with Crippen LogP contribution < -0.4 is 10.1 Å². The number of benzene rings is 2. The summed E-state index contributed by atoms with van der Waals surface area (Å²) >= 11 is 0. The molecule has 1 aromatic heterocycles. The summed E-state index contributed by atoms with van der Waals surface area (Å²) in [7, 11) is -4.06. The topological polar surface area (TPSA) is 140 Å². The van der Waals surface area contributed by atoms with Gasteiger partial charge < -0.3 is 19.9 Å². The van der Waals surface area contributed by atoms with Crippen molar-refractivity contribution < 1.29 is 32.6 Å². The molecule has 2 heterocycles. The molecule has 1 amide bonds. The Bertz CT molecular complexity index is 1430. The molecule has 0 radical (unpaired) electrons. The van der Waals surface area contributed by atoms with Crippen molar-refractivity contribution in [2.75, 3.05) is 31.6 Å². The van der Waals surface area contributed by atoms with Crippen LogP contribution in [0, 0.1) is 12.8 Å². The Morgan fingerprint density at radius 3 is 2.45 bits per heavy atom. The van der Waals surface area contributed by atoms with E-state index in [0.717, 1.165) is 0 Å². The first-order valence-electron chi connectivity index (χ1n) is 12.2. The fourth-order valence-corrected chi connectivity index (χ4v) is 5.58. The van der Waals surface area contributed by atoms with Crippen LogP contribution in [0.25, 0.3) is 5.69 Å². The van der Waals surface area contributed by atoms with Crippen LogP contribution in [0.5, 0.6) is 11.6 Å². The van der Waals surface area contributed by atoms with E-state index in [0.29, 0.717) is 11.4 Å². The van der Waals surface area contributed by atoms with Gasteiger partial charge in [0.2, 0.25) is 21.8 Å². The van der Waals surface area contributed by atoms with Crippen molar-refractivity contribution in [2.24, 2.45) is 5.92 Å². The molecule has 1 aliphatic rings. The van der Waals surface area contributed by atoms with Gasteiger partial charge in [0.25, 0.3) is 0 Å². The number of carboxylic acid groups (broad SMARTS) is 1. The Balaban J connectivity index is 1.81. The van der Waals surface area contributed by atoms with Crippen LogP contribution in [-0.4, -0.2) is 65.8 Å². The van der Waals surface area contributed by atoms with Gasteiger partial charge in [0, 0.05) is 30.8 Å². The number of carbonyl (C=O) groups excluding carboxylic acids is 1. The van der Waals surface area contributed by atoms with Crippen LogP contribution in [0.4, 0.5) is 5.69 Å². The zero-order chi connectivity index (χ0) is 27.4. The number of hydrogen-bond acceptors (Lipinski definition) is 7. The minimum atomic E-state index is -4.06.